The van der Waals surface area contributed by atoms with E-state index in [4.69, 9.17) is 5.84 Å². The van der Waals surface area contributed by atoms with Gasteiger partial charge in [0.05, 0.1) is 4.92 Å². The van der Waals surface area contributed by atoms with Crippen LogP contribution >= 0.6 is 0 Å². The first-order valence-electron chi connectivity index (χ1n) is 6.31. The molecule has 0 aliphatic heterocycles. The van der Waals surface area contributed by atoms with E-state index < -0.39 is 4.92 Å². The summed E-state index contributed by atoms with van der Waals surface area (Å²) in [4.78, 5) is 20.2. The topological polar surface area (TPSA) is 110 Å². The van der Waals surface area contributed by atoms with E-state index in [1.165, 1.54) is 31.9 Å². The molecule has 19 heavy (non-hydrogen) atoms. The summed E-state index contributed by atoms with van der Waals surface area (Å²) in [6.45, 7) is 0.766. The van der Waals surface area contributed by atoms with E-state index in [9.17, 15) is 10.1 Å². The van der Waals surface area contributed by atoms with Gasteiger partial charge in [0, 0.05) is 13.6 Å². The van der Waals surface area contributed by atoms with E-state index in [0.29, 0.717) is 11.7 Å². The number of hydrogen-bond acceptors (Lipinski definition) is 7. The smallest absolute Gasteiger partial charge is 0.329 e. The Morgan fingerprint density at radius 3 is 2.84 bits per heavy atom. The lowest BCUT2D eigenvalue weighted by Crippen LogP contribution is -2.26. The first-order valence-corrected chi connectivity index (χ1v) is 6.31. The molecule has 0 radical (unpaired) electrons. The van der Waals surface area contributed by atoms with Gasteiger partial charge in [-0.1, -0.05) is 12.8 Å². The molecule has 0 atom stereocenters. The normalized spacial score (nSPS) is 15.5. The number of aromatic nitrogens is 2. The summed E-state index contributed by atoms with van der Waals surface area (Å²) in [5, 5.41) is 11.0. The van der Waals surface area contributed by atoms with Gasteiger partial charge < -0.3 is 4.90 Å². The molecule has 0 unspecified atom stereocenters. The van der Waals surface area contributed by atoms with Crippen molar-refractivity contribution < 1.29 is 4.92 Å². The van der Waals surface area contributed by atoms with Crippen molar-refractivity contribution in [2.24, 2.45) is 11.8 Å². The third-order valence-corrected chi connectivity index (χ3v) is 3.44. The fourth-order valence-electron chi connectivity index (χ4n) is 2.51. The van der Waals surface area contributed by atoms with Gasteiger partial charge in [-0.25, -0.2) is 10.8 Å². The minimum Gasteiger partial charge on any atom is -0.354 e. The fourth-order valence-corrected chi connectivity index (χ4v) is 2.51. The number of nitrogens with one attached hydrogen (secondary N) is 1. The first kappa shape index (κ1) is 13.5. The molecule has 104 valence electrons. The van der Waals surface area contributed by atoms with Crippen LogP contribution in [0.4, 0.5) is 17.5 Å². The Kier molecular flexibility index (Phi) is 4.10. The maximum atomic E-state index is 11.0. The van der Waals surface area contributed by atoms with E-state index in [2.05, 4.69) is 15.4 Å². The molecule has 0 saturated heterocycles. The molecule has 1 aromatic rings. The van der Waals surface area contributed by atoms with Crippen molar-refractivity contribution in [2.75, 3.05) is 23.9 Å². The standard InChI is InChI=1S/C11H18N6O2/c1-16(7-8-4-2-3-5-8)10-9(17(18)19)6-13-11(14-10)15-12/h6,8H,2-5,7,12H2,1H3,(H,13,14,15). The Hall–Kier alpha value is -1.96. The number of rotatable bonds is 5. The van der Waals surface area contributed by atoms with Gasteiger partial charge in [0.2, 0.25) is 11.8 Å². The quantitative estimate of drug-likeness (QED) is 0.469. The second kappa shape index (κ2) is 5.79. The van der Waals surface area contributed by atoms with Gasteiger partial charge in [0.15, 0.2) is 0 Å². The molecule has 2 rings (SSSR count). The van der Waals surface area contributed by atoms with Gasteiger partial charge in [-0.3, -0.25) is 15.5 Å². The number of anilines is 2. The summed E-state index contributed by atoms with van der Waals surface area (Å²) in [6, 6.07) is 0. The molecule has 1 aromatic heterocycles. The number of nitrogens with two attached hydrogens (primary N) is 1. The van der Waals surface area contributed by atoms with Crippen molar-refractivity contribution in [3.8, 4) is 0 Å². The van der Waals surface area contributed by atoms with Crippen LogP contribution in [0, 0.1) is 16.0 Å². The van der Waals surface area contributed by atoms with Crippen LogP contribution in [0.1, 0.15) is 25.7 Å². The maximum absolute atomic E-state index is 11.0. The Morgan fingerprint density at radius 2 is 2.26 bits per heavy atom. The maximum Gasteiger partial charge on any atom is 0.329 e. The van der Waals surface area contributed by atoms with Crippen LogP contribution < -0.4 is 16.2 Å². The predicted octanol–water partition coefficient (Wildman–Crippen LogP) is 1.30. The lowest BCUT2D eigenvalue weighted by Gasteiger charge is -2.21. The molecule has 0 aromatic carbocycles. The monoisotopic (exact) mass is 266 g/mol. The predicted molar refractivity (Wildman–Crippen MR) is 71.7 cm³/mol. The number of nitro groups is 1. The zero-order chi connectivity index (χ0) is 13.8. The molecule has 0 bridgehead atoms. The minimum atomic E-state index is -0.471. The van der Waals surface area contributed by atoms with Crippen LogP contribution in [0.15, 0.2) is 6.20 Å². The number of nitrogens with zero attached hydrogens (tertiary/aromatic N) is 4. The highest BCUT2D eigenvalue weighted by atomic mass is 16.6. The van der Waals surface area contributed by atoms with E-state index in [1.807, 2.05) is 11.9 Å². The highest BCUT2D eigenvalue weighted by Gasteiger charge is 2.24. The van der Waals surface area contributed by atoms with Crippen LogP contribution in [0.5, 0.6) is 0 Å². The third-order valence-electron chi connectivity index (χ3n) is 3.44. The Morgan fingerprint density at radius 1 is 1.58 bits per heavy atom. The molecular formula is C11H18N6O2. The summed E-state index contributed by atoms with van der Waals surface area (Å²) in [7, 11) is 1.81. The molecule has 1 saturated carbocycles. The van der Waals surface area contributed by atoms with E-state index in [0.717, 1.165) is 6.54 Å². The zero-order valence-electron chi connectivity index (χ0n) is 10.9. The Balaban J connectivity index is 2.21. The molecule has 1 aliphatic carbocycles. The van der Waals surface area contributed by atoms with Crippen molar-refractivity contribution in [1.82, 2.24) is 9.97 Å². The molecular weight excluding hydrogens is 248 g/mol. The SMILES string of the molecule is CN(CC1CCCC1)c1nc(NN)ncc1[N+](=O)[O-]. The van der Waals surface area contributed by atoms with Crippen LogP contribution in [-0.4, -0.2) is 28.5 Å². The summed E-state index contributed by atoms with van der Waals surface area (Å²) in [5.74, 6) is 6.31. The molecule has 8 nitrogen and oxygen atoms in total. The van der Waals surface area contributed by atoms with E-state index in [-0.39, 0.29) is 11.6 Å². The summed E-state index contributed by atoms with van der Waals surface area (Å²) < 4.78 is 0. The highest BCUT2D eigenvalue weighted by Crippen LogP contribution is 2.30. The van der Waals surface area contributed by atoms with Gasteiger partial charge in [-0.05, 0) is 18.8 Å². The fraction of sp³-hybridized carbons (Fsp3) is 0.636. The van der Waals surface area contributed by atoms with Gasteiger partial charge in [-0.15, -0.1) is 0 Å². The molecule has 0 amide bonds. The van der Waals surface area contributed by atoms with E-state index >= 15 is 0 Å². The minimum absolute atomic E-state index is 0.0977. The van der Waals surface area contributed by atoms with Crippen LogP contribution in [0.2, 0.25) is 0 Å². The van der Waals surface area contributed by atoms with Crippen molar-refractivity contribution in [3.05, 3.63) is 16.3 Å². The van der Waals surface area contributed by atoms with Crippen molar-refractivity contribution >= 4 is 17.5 Å². The summed E-state index contributed by atoms with van der Waals surface area (Å²) in [5.41, 5.74) is 2.21. The summed E-state index contributed by atoms with van der Waals surface area (Å²) in [6.07, 6.45) is 6.00. The molecule has 0 spiro atoms. The average molecular weight is 266 g/mol. The lowest BCUT2D eigenvalue weighted by molar-refractivity contribution is -0.384. The first-order chi connectivity index (χ1) is 9.11. The Labute approximate surface area is 111 Å². The zero-order valence-corrected chi connectivity index (χ0v) is 10.9. The van der Waals surface area contributed by atoms with Gasteiger partial charge in [0.25, 0.3) is 0 Å². The number of hydrogen-bond donors (Lipinski definition) is 2. The molecule has 1 heterocycles. The van der Waals surface area contributed by atoms with Gasteiger partial charge >= 0.3 is 5.69 Å². The third kappa shape index (κ3) is 3.08. The van der Waals surface area contributed by atoms with Crippen molar-refractivity contribution in [1.29, 1.82) is 0 Å². The summed E-state index contributed by atoms with van der Waals surface area (Å²) >= 11 is 0. The average Bonchev–Trinajstić information content (AvgIpc) is 2.90. The van der Waals surface area contributed by atoms with Crippen LogP contribution in [0.3, 0.4) is 0 Å². The number of nitrogen functional groups attached to an aromatic ring is 1. The lowest BCUT2D eigenvalue weighted by atomic mass is 10.1. The molecule has 1 aliphatic rings. The largest absolute Gasteiger partial charge is 0.354 e. The second-order valence-corrected chi connectivity index (χ2v) is 4.83. The second-order valence-electron chi connectivity index (χ2n) is 4.83. The number of hydrazine groups is 1. The van der Waals surface area contributed by atoms with Gasteiger partial charge in [0.1, 0.15) is 6.20 Å². The van der Waals surface area contributed by atoms with Crippen molar-refractivity contribution in [2.45, 2.75) is 25.7 Å². The van der Waals surface area contributed by atoms with Crippen LogP contribution in [-0.2, 0) is 0 Å². The van der Waals surface area contributed by atoms with Gasteiger partial charge in [-0.2, -0.15) is 4.98 Å². The van der Waals surface area contributed by atoms with Crippen LogP contribution in [0.25, 0.3) is 0 Å². The Bertz CT molecular complexity index is 460. The molecule has 3 N–H and O–H groups in total. The van der Waals surface area contributed by atoms with E-state index in [1.54, 1.807) is 0 Å². The molecule has 1 fully saturated rings. The van der Waals surface area contributed by atoms with Crippen molar-refractivity contribution in [3.63, 3.8) is 0 Å². The molecule has 8 heteroatoms. The highest BCUT2D eigenvalue weighted by molar-refractivity contribution is 5.58.